The van der Waals surface area contributed by atoms with Gasteiger partial charge in [0.05, 0.1) is 22.0 Å². The minimum Gasteiger partial charge on any atom is -0.459 e. The molecule has 0 fully saturated rings. The molecule has 0 amide bonds. The van der Waals surface area contributed by atoms with Crippen LogP contribution < -0.4 is 9.86 Å². The SMILES string of the molecule is CC(C)(C)OCC(N)C(=O)OC(C)(C)C.O=S(=O)(NS(=O)(=O)c1ccccc1)c1ccccc1. The van der Waals surface area contributed by atoms with Gasteiger partial charge in [-0.15, -0.1) is 4.13 Å². The van der Waals surface area contributed by atoms with Crippen molar-refractivity contribution in [1.82, 2.24) is 4.13 Å². The van der Waals surface area contributed by atoms with Gasteiger partial charge in [-0.2, -0.15) is 0 Å². The van der Waals surface area contributed by atoms with Crippen molar-refractivity contribution in [1.29, 1.82) is 0 Å². The summed E-state index contributed by atoms with van der Waals surface area (Å²) in [5, 5.41) is 0. The molecule has 34 heavy (non-hydrogen) atoms. The highest BCUT2D eigenvalue weighted by molar-refractivity contribution is 8.04. The van der Waals surface area contributed by atoms with Gasteiger partial charge in [-0.1, -0.05) is 36.4 Å². The van der Waals surface area contributed by atoms with Crippen LogP contribution in [0.25, 0.3) is 0 Å². The van der Waals surface area contributed by atoms with Gasteiger partial charge in [-0.3, -0.25) is 4.79 Å². The molecule has 2 rings (SSSR count). The van der Waals surface area contributed by atoms with Crippen LogP contribution in [0, 0.1) is 0 Å². The molecule has 0 spiro atoms. The summed E-state index contributed by atoms with van der Waals surface area (Å²) in [6.45, 7) is 11.3. The van der Waals surface area contributed by atoms with Gasteiger partial charge in [0, 0.05) is 0 Å². The van der Waals surface area contributed by atoms with Gasteiger partial charge in [0.15, 0.2) is 0 Å². The average molecular weight is 515 g/mol. The molecule has 9 nitrogen and oxygen atoms in total. The van der Waals surface area contributed by atoms with Gasteiger partial charge >= 0.3 is 5.97 Å². The number of ether oxygens (including phenoxy) is 2. The second-order valence-electron chi connectivity index (χ2n) is 9.28. The third kappa shape index (κ3) is 11.2. The number of carbonyl (C=O) groups excluding carboxylic acids is 1. The lowest BCUT2D eigenvalue weighted by Gasteiger charge is -2.25. The Bertz CT molecular complexity index is 1050. The van der Waals surface area contributed by atoms with Crippen molar-refractivity contribution in [3.8, 4) is 0 Å². The molecule has 0 aliphatic rings. The first-order valence-corrected chi connectivity index (χ1v) is 13.4. The van der Waals surface area contributed by atoms with E-state index in [9.17, 15) is 21.6 Å². The van der Waals surface area contributed by atoms with Crippen molar-refractivity contribution in [3.05, 3.63) is 60.7 Å². The highest BCUT2D eigenvalue weighted by atomic mass is 32.3. The van der Waals surface area contributed by atoms with E-state index in [4.69, 9.17) is 15.2 Å². The first-order chi connectivity index (χ1) is 15.4. The van der Waals surface area contributed by atoms with Gasteiger partial charge in [0.1, 0.15) is 11.6 Å². The number of hydrogen-bond acceptors (Lipinski definition) is 8. The summed E-state index contributed by atoms with van der Waals surface area (Å²) >= 11 is 0. The zero-order valence-electron chi connectivity index (χ0n) is 20.3. The molecule has 0 saturated carbocycles. The maximum Gasteiger partial charge on any atom is 0.325 e. The molecule has 0 bridgehead atoms. The first kappa shape index (κ1) is 29.7. The number of esters is 1. The standard InChI is InChI=1S/C12H11NO4S2.C11H23NO3/c14-18(15,11-7-3-1-4-8-11)13-19(16,17)12-9-5-2-6-10-12;1-10(2,3)14-7-8(12)9(13)15-11(4,5)6/h1-10,13H;8H,7,12H2,1-6H3. The fourth-order valence-electron chi connectivity index (χ4n) is 2.23. The maximum atomic E-state index is 11.9. The molecule has 0 aliphatic carbocycles. The number of rotatable bonds is 7. The van der Waals surface area contributed by atoms with Crippen LogP contribution in [-0.2, 0) is 34.3 Å². The molecule has 11 heteroatoms. The van der Waals surface area contributed by atoms with Gasteiger partial charge in [0.25, 0.3) is 20.0 Å². The van der Waals surface area contributed by atoms with Crippen LogP contribution in [0.2, 0.25) is 0 Å². The van der Waals surface area contributed by atoms with E-state index in [1.54, 1.807) is 16.3 Å². The number of benzene rings is 2. The first-order valence-electron chi connectivity index (χ1n) is 10.4. The fraction of sp³-hybridized carbons (Fsp3) is 0.435. The molecular formula is C23H34N2O7S2. The van der Waals surface area contributed by atoms with Crippen LogP contribution in [0.3, 0.4) is 0 Å². The van der Waals surface area contributed by atoms with E-state index in [0.29, 0.717) is 0 Å². The van der Waals surface area contributed by atoms with Gasteiger partial charge < -0.3 is 15.2 Å². The van der Waals surface area contributed by atoms with E-state index in [2.05, 4.69) is 0 Å². The summed E-state index contributed by atoms with van der Waals surface area (Å²) in [5.74, 6) is -0.424. The van der Waals surface area contributed by atoms with Gasteiger partial charge in [-0.25, -0.2) is 16.8 Å². The molecule has 1 unspecified atom stereocenters. The highest BCUT2D eigenvalue weighted by Gasteiger charge is 2.25. The highest BCUT2D eigenvalue weighted by Crippen LogP contribution is 2.13. The summed E-state index contributed by atoms with van der Waals surface area (Å²) in [4.78, 5) is 11.2. The Hall–Kier alpha value is -2.31. The van der Waals surface area contributed by atoms with Crippen LogP contribution in [0.15, 0.2) is 70.5 Å². The van der Waals surface area contributed by atoms with E-state index >= 15 is 0 Å². The molecule has 0 aliphatic heterocycles. The fourth-order valence-corrected chi connectivity index (χ4v) is 5.18. The molecule has 2 aromatic rings. The molecule has 2 aromatic carbocycles. The van der Waals surface area contributed by atoms with E-state index in [0.717, 1.165) is 0 Å². The summed E-state index contributed by atoms with van der Waals surface area (Å²) < 4.78 is 60.0. The summed E-state index contributed by atoms with van der Waals surface area (Å²) in [7, 11) is -8.21. The Morgan fingerprint density at radius 3 is 1.50 bits per heavy atom. The van der Waals surface area contributed by atoms with Crippen LogP contribution in [-0.4, -0.2) is 46.7 Å². The molecule has 1 atom stereocenters. The number of sulfonamides is 2. The Morgan fingerprint density at radius 2 is 1.18 bits per heavy atom. The van der Waals surface area contributed by atoms with E-state index in [1.807, 2.05) is 41.5 Å². The van der Waals surface area contributed by atoms with Crippen LogP contribution in [0.4, 0.5) is 0 Å². The Labute approximate surface area is 202 Å². The average Bonchev–Trinajstić information content (AvgIpc) is 2.71. The predicted octanol–water partition coefficient (Wildman–Crippen LogP) is 2.82. The van der Waals surface area contributed by atoms with Crippen LogP contribution >= 0.6 is 0 Å². The minimum absolute atomic E-state index is 0.102. The molecule has 0 radical (unpaired) electrons. The van der Waals surface area contributed by atoms with Gasteiger partial charge in [-0.05, 0) is 65.8 Å². The molecule has 3 N–H and O–H groups in total. The summed E-state index contributed by atoms with van der Waals surface area (Å²) in [6, 6.07) is 13.9. The number of hydrogen-bond donors (Lipinski definition) is 2. The maximum absolute atomic E-state index is 11.9. The zero-order valence-corrected chi connectivity index (χ0v) is 21.9. The third-order valence-electron chi connectivity index (χ3n) is 3.73. The van der Waals surface area contributed by atoms with E-state index in [-0.39, 0.29) is 22.0 Å². The van der Waals surface area contributed by atoms with Crippen LogP contribution in [0.1, 0.15) is 41.5 Å². The normalized spacial score (nSPS) is 13.4. The smallest absolute Gasteiger partial charge is 0.325 e. The monoisotopic (exact) mass is 514 g/mol. The number of nitrogens with one attached hydrogen (secondary N) is 1. The van der Waals surface area contributed by atoms with E-state index in [1.165, 1.54) is 48.5 Å². The molecular weight excluding hydrogens is 480 g/mol. The zero-order chi connectivity index (χ0) is 26.2. The third-order valence-corrected chi connectivity index (χ3v) is 7.27. The topological polar surface area (TPSA) is 142 Å². The molecule has 0 aromatic heterocycles. The van der Waals surface area contributed by atoms with Crippen molar-refractivity contribution in [2.45, 2.75) is 68.6 Å². The summed E-state index contributed by atoms with van der Waals surface area (Å²) in [5.41, 5.74) is 4.84. The largest absolute Gasteiger partial charge is 0.459 e. The van der Waals surface area contributed by atoms with Crippen molar-refractivity contribution in [3.63, 3.8) is 0 Å². The quantitative estimate of drug-likeness (QED) is 0.537. The second-order valence-corrected chi connectivity index (χ2v) is 12.9. The molecule has 0 saturated heterocycles. The Balaban J connectivity index is 0.000000352. The minimum atomic E-state index is -4.10. The van der Waals surface area contributed by atoms with Crippen molar-refractivity contribution in [2.75, 3.05) is 6.61 Å². The number of nitrogens with two attached hydrogens (primary N) is 1. The summed E-state index contributed by atoms with van der Waals surface area (Å²) in [6.07, 6.45) is 0. The Kier molecular flexibility index (Phi) is 10.4. The van der Waals surface area contributed by atoms with E-state index < -0.39 is 37.7 Å². The van der Waals surface area contributed by atoms with Crippen molar-refractivity contribution < 1.29 is 31.1 Å². The predicted molar refractivity (Wildman–Crippen MR) is 130 cm³/mol. The van der Waals surface area contributed by atoms with Crippen molar-refractivity contribution >= 4 is 26.0 Å². The lowest BCUT2D eigenvalue weighted by molar-refractivity contribution is -0.159. The molecule has 0 heterocycles. The van der Waals surface area contributed by atoms with Crippen molar-refractivity contribution in [2.24, 2.45) is 5.73 Å². The Morgan fingerprint density at radius 1 is 0.794 bits per heavy atom. The van der Waals surface area contributed by atoms with Gasteiger partial charge in [0.2, 0.25) is 0 Å². The second kappa shape index (κ2) is 11.9. The van der Waals surface area contributed by atoms with Crippen LogP contribution in [0.5, 0.6) is 0 Å². The lowest BCUT2D eigenvalue weighted by atomic mass is 10.2. The number of carbonyl (C=O) groups is 1. The molecule has 190 valence electrons. The lowest BCUT2D eigenvalue weighted by Crippen LogP contribution is -2.42.